The Morgan fingerprint density at radius 3 is 2.85 bits per heavy atom. The van der Waals surface area contributed by atoms with Gasteiger partial charge in [-0.05, 0) is 30.2 Å². The molecule has 0 bridgehead atoms. The molecule has 1 unspecified atom stereocenters. The topological polar surface area (TPSA) is 143 Å². The molecule has 1 aromatic carbocycles. The van der Waals surface area contributed by atoms with Crippen LogP contribution < -0.4 is 5.48 Å². The Morgan fingerprint density at radius 1 is 1.41 bits per heavy atom. The Hall–Kier alpha value is -3.27. The van der Waals surface area contributed by atoms with Gasteiger partial charge in [0.2, 0.25) is 5.91 Å². The molecule has 10 nitrogen and oxygen atoms in total. The Morgan fingerprint density at radius 2 is 2.19 bits per heavy atom. The van der Waals surface area contributed by atoms with Crippen molar-refractivity contribution in [2.75, 3.05) is 6.54 Å². The quantitative estimate of drug-likeness (QED) is 0.453. The maximum absolute atomic E-state index is 11.1. The highest BCUT2D eigenvalue weighted by Gasteiger charge is 2.29. The molecule has 10 heteroatoms. The fourth-order valence-corrected chi connectivity index (χ4v) is 2.96. The van der Waals surface area contributed by atoms with E-state index in [2.05, 4.69) is 20.3 Å². The highest BCUT2D eigenvalue weighted by atomic mass is 16.5. The summed E-state index contributed by atoms with van der Waals surface area (Å²) in [6.45, 7) is 4.45. The Labute approximate surface area is 154 Å². The van der Waals surface area contributed by atoms with Crippen LogP contribution in [0.4, 0.5) is 0 Å². The molecule has 1 atom stereocenters. The number of nitrogens with zero attached hydrogens (tertiary/aromatic N) is 4. The molecule has 0 fully saturated rings. The van der Waals surface area contributed by atoms with Crippen LogP contribution in [0.1, 0.15) is 42.5 Å². The number of hydrogen-bond donors (Lipinski definition) is 4. The number of fused-ring (bicyclic) bond motifs is 1. The predicted molar refractivity (Wildman–Crippen MR) is 94.8 cm³/mol. The van der Waals surface area contributed by atoms with Crippen molar-refractivity contribution in [3.8, 4) is 0 Å². The van der Waals surface area contributed by atoms with Crippen LogP contribution in [0.5, 0.6) is 0 Å². The number of hydroxylamine groups is 1. The minimum Gasteiger partial charge on any atom is -0.478 e. The van der Waals surface area contributed by atoms with Gasteiger partial charge in [0.15, 0.2) is 0 Å². The highest BCUT2D eigenvalue weighted by Crippen LogP contribution is 2.32. The van der Waals surface area contributed by atoms with Crippen molar-refractivity contribution in [2.24, 2.45) is 16.3 Å². The van der Waals surface area contributed by atoms with Crippen molar-refractivity contribution in [1.82, 2.24) is 20.5 Å². The molecule has 3 rings (SSSR count). The molecule has 1 aliphatic heterocycles. The first-order chi connectivity index (χ1) is 12.9. The molecule has 0 aliphatic carbocycles. The van der Waals surface area contributed by atoms with E-state index in [1.807, 2.05) is 13.8 Å². The first kappa shape index (κ1) is 18.5. The van der Waals surface area contributed by atoms with Gasteiger partial charge in [0.05, 0.1) is 28.8 Å². The Balaban J connectivity index is 1.84. The molecule has 1 aromatic heterocycles. The number of H-pyrrole nitrogens is 1. The maximum Gasteiger partial charge on any atom is 0.335 e. The molecule has 142 valence electrons. The molecular weight excluding hydrogens is 352 g/mol. The number of aromatic nitrogens is 2. The third kappa shape index (κ3) is 3.95. The zero-order valence-corrected chi connectivity index (χ0v) is 14.9. The van der Waals surface area contributed by atoms with E-state index in [4.69, 9.17) is 10.3 Å². The Kier molecular flexibility index (Phi) is 5.17. The van der Waals surface area contributed by atoms with Crippen molar-refractivity contribution in [2.45, 2.75) is 26.3 Å². The van der Waals surface area contributed by atoms with Gasteiger partial charge in [-0.2, -0.15) is 0 Å². The van der Waals surface area contributed by atoms with Crippen LogP contribution >= 0.6 is 0 Å². The van der Waals surface area contributed by atoms with Crippen molar-refractivity contribution < 1.29 is 19.9 Å². The van der Waals surface area contributed by atoms with Crippen LogP contribution in [-0.4, -0.2) is 43.7 Å². The van der Waals surface area contributed by atoms with Crippen LogP contribution in [0.2, 0.25) is 0 Å². The summed E-state index contributed by atoms with van der Waals surface area (Å²) in [7, 11) is 0. The number of carboxylic acids is 1. The summed E-state index contributed by atoms with van der Waals surface area (Å²) in [5.74, 6) is -0.717. The zero-order chi connectivity index (χ0) is 19.6. The number of amides is 1. The van der Waals surface area contributed by atoms with Gasteiger partial charge >= 0.3 is 5.97 Å². The van der Waals surface area contributed by atoms with Crippen molar-refractivity contribution in [3.05, 3.63) is 41.4 Å². The summed E-state index contributed by atoms with van der Waals surface area (Å²) in [6.07, 6.45) is 1.61. The number of carbonyl (C=O) groups excluding carboxylic acids is 1. The standard InChI is InChI=1S/C17H20N6O4/c1-9(2)15(23-8-11(20-22-23)4-6-14(24)21-27)16-18-12-5-3-10(17(25)26)7-13(12)19-16/h3-5,7,9,15,27H,6,8H2,1-2H3,(H,18,19)(H,21,24)(H,25,26)/b11-4-. The number of carboxylic acid groups (broad SMARTS) is 1. The molecular formula is C17H20N6O4. The van der Waals surface area contributed by atoms with Crippen molar-refractivity contribution >= 4 is 22.9 Å². The number of carbonyl (C=O) groups is 2. The summed E-state index contributed by atoms with van der Waals surface area (Å²) >= 11 is 0. The van der Waals surface area contributed by atoms with Crippen molar-refractivity contribution in [1.29, 1.82) is 0 Å². The van der Waals surface area contributed by atoms with Gasteiger partial charge in [0.25, 0.3) is 0 Å². The van der Waals surface area contributed by atoms with Crippen molar-refractivity contribution in [3.63, 3.8) is 0 Å². The van der Waals surface area contributed by atoms with E-state index in [-0.39, 0.29) is 23.9 Å². The lowest BCUT2D eigenvalue weighted by Gasteiger charge is -2.26. The molecule has 2 aromatic rings. The molecule has 2 heterocycles. The number of aromatic amines is 1. The summed E-state index contributed by atoms with van der Waals surface area (Å²) in [6, 6.07) is 4.53. The lowest BCUT2D eigenvalue weighted by atomic mass is 10.0. The first-order valence-electron chi connectivity index (χ1n) is 8.42. The van der Waals surface area contributed by atoms with Gasteiger partial charge in [0.1, 0.15) is 11.9 Å². The predicted octanol–water partition coefficient (Wildman–Crippen LogP) is 2.42. The van der Waals surface area contributed by atoms with E-state index >= 15 is 0 Å². The number of benzene rings is 1. The van der Waals surface area contributed by atoms with E-state index in [0.717, 1.165) is 0 Å². The van der Waals surface area contributed by atoms with Gasteiger partial charge in [0, 0.05) is 6.42 Å². The average molecular weight is 372 g/mol. The third-order valence-corrected chi connectivity index (χ3v) is 4.24. The van der Waals surface area contributed by atoms with Crippen LogP contribution in [0.3, 0.4) is 0 Å². The lowest BCUT2D eigenvalue weighted by molar-refractivity contribution is -0.128. The first-order valence-corrected chi connectivity index (χ1v) is 8.42. The summed E-state index contributed by atoms with van der Waals surface area (Å²) in [4.78, 5) is 30.1. The second-order valence-corrected chi connectivity index (χ2v) is 6.57. The summed E-state index contributed by atoms with van der Waals surface area (Å²) in [5.41, 5.74) is 3.69. The fraction of sp³-hybridized carbons (Fsp3) is 0.353. The number of rotatable bonds is 6. The van der Waals surface area contributed by atoms with Gasteiger partial charge in [-0.15, -0.1) is 5.11 Å². The SMILES string of the molecule is CC(C)C(c1nc2ccc(C(=O)O)cc2[nH]1)N1C/C(=C/CC(=O)NO)N=N1. The smallest absolute Gasteiger partial charge is 0.335 e. The van der Waals surface area contributed by atoms with Crippen LogP contribution in [0, 0.1) is 5.92 Å². The van der Waals surface area contributed by atoms with E-state index in [9.17, 15) is 9.59 Å². The van der Waals surface area contributed by atoms with E-state index in [1.54, 1.807) is 28.7 Å². The van der Waals surface area contributed by atoms with Gasteiger partial charge in [-0.3, -0.25) is 15.0 Å². The molecule has 0 saturated heterocycles. The minimum absolute atomic E-state index is 0.00758. The third-order valence-electron chi connectivity index (χ3n) is 4.24. The van der Waals surface area contributed by atoms with E-state index < -0.39 is 11.9 Å². The Bertz CT molecular complexity index is 933. The second kappa shape index (κ2) is 7.54. The normalized spacial score (nSPS) is 16.4. The van der Waals surface area contributed by atoms with Gasteiger partial charge in [-0.25, -0.2) is 15.3 Å². The fourth-order valence-electron chi connectivity index (χ4n) is 2.96. The number of nitrogens with one attached hydrogen (secondary N) is 2. The molecule has 4 N–H and O–H groups in total. The molecule has 0 saturated carbocycles. The largest absolute Gasteiger partial charge is 0.478 e. The van der Waals surface area contributed by atoms with Crippen LogP contribution in [0.15, 0.2) is 40.3 Å². The molecule has 0 spiro atoms. The zero-order valence-electron chi connectivity index (χ0n) is 14.9. The minimum atomic E-state index is -0.997. The molecule has 27 heavy (non-hydrogen) atoms. The number of hydrogen-bond acceptors (Lipinski definition) is 7. The van der Waals surface area contributed by atoms with Gasteiger partial charge < -0.3 is 10.1 Å². The summed E-state index contributed by atoms with van der Waals surface area (Å²) in [5, 5.41) is 27.7. The van der Waals surface area contributed by atoms with E-state index in [1.165, 1.54) is 6.07 Å². The molecule has 1 amide bonds. The van der Waals surface area contributed by atoms with Gasteiger partial charge in [-0.1, -0.05) is 19.1 Å². The maximum atomic E-state index is 11.1. The summed E-state index contributed by atoms with van der Waals surface area (Å²) < 4.78 is 0. The number of aromatic carboxylic acids is 1. The second-order valence-electron chi connectivity index (χ2n) is 6.57. The monoisotopic (exact) mass is 372 g/mol. The van der Waals surface area contributed by atoms with Crippen LogP contribution in [-0.2, 0) is 4.79 Å². The lowest BCUT2D eigenvalue weighted by Crippen LogP contribution is -2.27. The van der Waals surface area contributed by atoms with E-state index in [0.29, 0.717) is 29.1 Å². The average Bonchev–Trinajstić information content (AvgIpc) is 3.25. The number of imidazole rings is 1. The molecule has 0 radical (unpaired) electrons. The highest BCUT2D eigenvalue weighted by molar-refractivity contribution is 5.92. The van der Waals surface area contributed by atoms with Crippen LogP contribution in [0.25, 0.3) is 11.0 Å². The molecule has 1 aliphatic rings.